The van der Waals surface area contributed by atoms with E-state index in [0.717, 1.165) is 23.4 Å². The molecule has 0 aromatic carbocycles. The van der Waals surface area contributed by atoms with E-state index in [-0.39, 0.29) is 12.0 Å². The number of likely N-dealkylation sites (N-methyl/N-ethyl adjacent to an activating group) is 1. The first-order valence-corrected chi connectivity index (χ1v) is 7.62. The topological polar surface area (TPSA) is 78.5 Å². The summed E-state index contributed by atoms with van der Waals surface area (Å²) in [5, 5.41) is 7.09. The van der Waals surface area contributed by atoms with Gasteiger partial charge in [0.1, 0.15) is 0 Å². The molecule has 22 heavy (non-hydrogen) atoms. The Balaban J connectivity index is 1.57. The largest absolute Gasteiger partial charge is 0.439 e. The number of amides is 2. The Morgan fingerprint density at radius 1 is 1.41 bits per heavy atom. The fraction of sp³-hybridized carbons (Fsp3) is 0.667. The third-order valence-electron chi connectivity index (χ3n) is 4.68. The van der Waals surface area contributed by atoms with Crippen LogP contribution in [-0.2, 0) is 16.0 Å². The molecule has 1 atom stereocenters. The summed E-state index contributed by atoms with van der Waals surface area (Å²) in [6.07, 6.45) is 1.58. The van der Waals surface area contributed by atoms with E-state index in [2.05, 4.69) is 10.2 Å². The Morgan fingerprint density at radius 3 is 2.77 bits per heavy atom. The SMILES string of the molecule is Cc1n[nH]c(C)c1CCC(=O)N1CC[C@@]2(CN(C)C(=O)O2)C1. The number of aromatic amines is 1. The van der Waals surface area contributed by atoms with Crippen LogP contribution in [0.2, 0.25) is 0 Å². The van der Waals surface area contributed by atoms with Crippen molar-refractivity contribution >= 4 is 12.0 Å². The van der Waals surface area contributed by atoms with Crippen molar-refractivity contribution in [3.05, 3.63) is 17.0 Å². The van der Waals surface area contributed by atoms with Gasteiger partial charge in [0.2, 0.25) is 5.91 Å². The van der Waals surface area contributed by atoms with Crippen LogP contribution in [-0.4, -0.2) is 64.3 Å². The molecule has 3 heterocycles. The number of aromatic nitrogens is 2. The van der Waals surface area contributed by atoms with Crippen molar-refractivity contribution in [1.82, 2.24) is 20.0 Å². The Morgan fingerprint density at radius 2 is 2.18 bits per heavy atom. The normalized spacial score (nSPS) is 24.4. The van der Waals surface area contributed by atoms with Gasteiger partial charge in [-0.1, -0.05) is 0 Å². The first-order valence-electron chi connectivity index (χ1n) is 7.62. The number of aryl methyl sites for hydroxylation is 2. The quantitative estimate of drug-likeness (QED) is 0.904. The fourth-order valence-corrected chi connectivity index (χ4v) is 3.39. The van der Waals surface area contributed by atoms with Crippen LogP contribution in [0.3, 0.4) is 0 Å². The number of nitrogens with one attached hydrogen (secondary N) is 1. The molecule has 0 saturated carbocycles. The number of likely N-dealkylation sites (tertiary alicyclic amines) is 1. The molecule has 7 heteroatoms. The molecule has 2 aliphatic rings. The molecule has 2 aliphatic heterocycles. The highest BCUT2D eigenvalue weighted by Gasteiger charge is 2.49. The van der Waals surface area contributed by atoms with Crippen LogP contribution in [0, 0.1) is 13.8 Å². The maximum atomic E-state index is 12.4. The van der Waals surface area contributed by atoms with Crippen LogP contribution in [0.4, 0.5) is 4.79 Å². The van der Waals surface area contributed by atoms with Crippen molar-refractivity contribution in [3.8, 4) is 0 Å². The minimum Gasteiger partial charge on any atom is -0.439 e. The third kappa shape index (κ3) is 2.55. The lowest BCUT2D eigenvalue weighted by Crippen LogP contribution is -2.39. The summed E-state index contributed by atoms with van der Waals surface area (Å²) in [5.41, 5.74) is 2.60. The summed E-state index contributed by atoms with van der Waals surface area (Å²) in [5.74, 6) is 0.113. The summed E-state index contributed by atoms with van der Waals surface area (Å²) in [4.78, 5) is 27.4. The fourth-order valence-electron chi connectivity index (χ4n) is 3.39. The molecule has 1 aromatic rings. The van der Waals surface area contributed by atoms with Gasteiger partial charge >= 0.3 is 6.09 Å². The number of hydrogen-bond acceptors (Lipinski definition) is 4. The lowest BCUT2D eigenvalue weighted by molar-refractivity contribution is -0.130. The Bertz CT molecular complexity index is 592. The van der Waals surface area contributed by atoms with Gasteiger partial charge in [0, 0.05) is 32.1 Å². The minimum absolute atomic E-state index is 0.113. The van der Waals surface area contributed by atoms with Crippen LogP contribution in [0.15, 0.2) is 0 Å². The zero-order valence-corrected chi connectivity index (χ0v) is 13.3. The molecular formula is C15H22N4O3. The molecule has 1 aromatic heterocycles. The van der Waals surface area contributed by atoms with Crippen LogP contribution in [0.5, 0.6) is 0 Å². The molecule has 2 amide bonds. The molecule has 1 N–H and O–H groups in total. The number of hydrogen-bond donors (Lipinski definition) is 1. The second-order valence-corrected chi connectivity index (χ2v) is 6.38. The maximum absolute atomic E-state index is 12.4. The van der Waals surface area contributed by atoms with E-state index in [1.54, 1.807) is 11.9 Å². The van der Waals surface area contributed by atoms with E-state index < -0.39 is 5.60 Å². The Kier molecular flexibility index (Phi) is 3.58. The molecule has 7 nitrogen and oxygen atoms in total. The highest BCUT2D eigenvalue weighted by Crippen LogP contribution is 2.32. The Labute approximate surface area is 129 Å². The first kappa shape index (κ1) is 14.9. The number of carbonyl (C=O) groups excluding carboxylic acids is 2. The van der Waals surface area contributed by atoms with Crippen LogP contribution >= 0.6 is 0 Å². The van der Waals surface area contributed by atoms with Gasteiger partial charge in [-0.05, 0) is 25.8 Å². The van der Waals surface area contributed by atoms with E-state index >= 15 is 0 Å². The van der Waals surface area contributed by atoms with Crippen LogP contribution in [0.25, 0.3) is 0 Å². The van der Waals surface area contributed by atoms with Crippen molar-refractivity contribution in [1.29, 1.82) is 0 Å². The van der Waals surface area contributed by atoms with E-state index in [0.29, 0.717) is 32.5 Å². The molecule has 120 valence electrons. The molecule has 3 rings (SSSR count). The van der Waals surface area contributed by atoms with Crippen molar-refractivity contribution < 1.29 is 14.3 Å². The molecule has 1 spiro atoms. The highest BCUT2D eigenvalue weighted by molar-refractivity contribution is 5.77. The average Bonchev–Trinajstić information content (AvgIpc) is 3.09. The van der Waals surface area contributed by atoms with Gasteiger partial charge in [-0.2, -0.15) is 5.10 Å². The molecule has 0 bridgehead atoms. The predicted molar refractivity (Wildman–Crippen MR) is 79.4 cm³/mol. The molecule has 0 aliphatic carbocycles. The Hall–Kier alpha value is -2.05. The van der Waals surface area contributed by atoms with Crippen LogP contribution < -0.4 is 0 Å². The van der Waals surface area contributed by atoms with Gasteiger partial charge in [-0.15, -0.1) is 0 Å². The van der Waals surface area contributed by atoms with Crippen molar-refractivity contribution in [2.24, 2.45) is 0 Å². The molecule has 2 fully saturated rings. The van der Waals surface area contributed by atoms with Crippen molar-refractivity contribution in [2.45, 2.75) is 38.7 Å². The lowest BCUT2D eigenvalue weighted by atomic mass is 10.0. The zero-order chi connectivity index (χ0) is 15.9. The summed E-state index contributed by atoms with van der Waals surface area (Å²) < 4.78 is 5.47. The highest BCUT2D eigenvalue weighted by atomic mass is 16.6. The second-order valence-electron chi connectivity index (χ2n) is 6.38. The number of rotatable bonds is 3. The van der Waals surface area contributed by atoms with E-state index in [4.69, 9.17) is 4.74 Å². The van der Waals surface area contributed by atoms with Gasteiger partial charge in [0.05, 0.1) is 18.8 Å². The van der Waals surface area contributed by atoms with Crippen molar-refractivity contribution in [3.63, 3.8) is 0 Å². The second kappa shape index (κ2) is 5.30. The minimum atomic E-state index is -0.497. The summed E-state index contributed by atoms with van der Waals surface area (Å²) >= 11 is 0. The van der Waals surface area contributed by atoms with Gasteiger partial charge in [-0.25, -0.2) is 4.79 Å². The third-order valence-corrected chi connectivity index (χ3v) is 4.68. The average molecular weight is 306 g/mol. The van der Waals surface area contributed by atoms with Gasteiger partial charge in [0.15, 0.2) is 5.60 Å². The number of ether oxygens (including phenoxy) is 1. The lowest BCUT2D eigenvalue weighted by Gasteiger charge is -2.21. The maximum Gasteiger partial charge on any atom is 0.410 e. The molecule has 2 saturated heterocycles. The predicted octanol–water partition coefficient (Wildman–Crippen LogP) is 1.01. The van der Waals surface area contributed by atoms with E-state index in [9.17, 15) is 9.59 Å². The summed E-state index contributed by atoms with van der Waals surface area (Å²) in [7, 11) is 1.73. The smallest absolute Gasteiger partial charge is 0.410 e. The monoisotopic (exact) mass is 306 g/mol. The standard InChI is InChI=1S/C15H22N4O3/c1-10-12(11(2)17-16-10)4-5-13(20)19-7-6-15(9-19)8-18(3)14(21)22-15/h4-9H2,1-3H3,(H,16,17)/t15-/m1/s1. The number of nitrogens with zero attached hydrogens (tertiary/aromatic N) is 3. The van der Waals surface area contributed by atoms with Gasteiger partial charge < -0.3 is 14.5 Å². The summed E-state index contributed by atoms with van der Waals surface area (Å²) in [6.45, 7) is 5.64. The van der Waals surface area contributed by atoms with E-state index in [1.807, 2.05) is 18.7 Å². The zero-order valence-electron chi connectivity index (χ0n) is 13.3. The van der Waals surface area contributed by atoms with Gasteiger partial charge in [-0.3, -0.25) is 9.89 Å². The number of H-pyrrole nitrogens is 1. The molecule has 0 radical (unpaired) electrons. The van der Waals surface area contributed by atoms with Crippen LogP contribution in [0.1, 0.15) is 29.8 Å². The molecule has 0 unspecified atom stereocenters. The van der Waals surface area contributed by atoms with Crippen molar-refractivity contribution in [2.75, 3.05) is 26.7 Å². The van der Waals surface area contributed by atoms with Gasteiger partial charge in [0.25, 0.3) is 0 Å². The first-order chi connectivity index (χ1) is 10.4. The number of carbonyl (C=O) groups is 2. The van der Waals surface area contributed by atoms with E-state index in [1.165, 1.54) is 0 Å². The molecular weight excluding hydrogens is 284 g/mol. The summed E-state index contributed by atoms with van der Waals surface area (Å²) in [6, 6.07) is 0.